The van der Waals surface area contributed by atoms with Gasteiger partial charge in [-0.05, 0) is 37.0 Å². The molecule has 0 amide bonds. The molecule has 3 rings (SSSR count). The Bertz CT molecular complexity index is 652. The molecule has 1 N–H and O–H groups in total. The van der Waals surface area contributed by atoms with Gasteiger partial charge in [-0.15, -0.1) is 0 Å². The van der Waals surface area contributed by atoms with E-state index in [0.717, 1.165) is 37.1 Å². The topological polar surface area (TPSA) is 61.7 Å². The Morgan fingerprint density at radius 1 is 1.38 bits per heavy atom. The monoisotopic (exact) mass is 281 g/mol. The van der Waals surface area contributed by atoms with Crippen molar-refractivity contribution < 1.29 is 4.74 Å². The van der Waals surface area contributed by atoms with Crippen LogP contribution in [0.25, 0.3) is 0 Å². The number of hydrogen-bond donors (Lipinski definition) is 1. The van der Waals surface area contributed by atoms with Crippen molar-refractivity contribution in [1.82, 2.24) is 10.2 Å². The summed E-state index contributed by atoms with van der Waals surface area (Å²) in [5.41, 5.74) is 4.82. The van der Waals surface area contributed by atoms with Crippen LogP contribution in [0.15, 0.2) is 24.3 Å². The van der Waals surface area contributed by atoms with Gasteiger partial charge in [-0.25, -0.2) is 0 Å². The molecule has 4 heteroatoms. The minimum Gasteiger partial charge on any atom is -0.497 e. The van der Waals surface area contributed by atoms with E-state index in [9.17, 15) is 0 Å². The van der Waals surface area contributed by atoms with Crippen molar-refractivity contribution in [2.45, 2.75) is 38.0 Å². The molecular formula is C17H19N3O. The van der Waals surface area contributed by atoms with E-state index in [1.54, 1.807) is 7.11 Å². The number of aryl methyl sites for hydroxylation is 1. The summed E-state index contributed by atoms with van der Waals surface area (Å²) in [5.74, 6) is 1.20. The van der Waals surface area contributed by atoms with Crippen LogP contribution in [0.4, 0.5) is 0 Å². The smallest absolute Gasteiger partial charge is 0.118 e. The molecule has 1 unspecified atom stereocenters. The minimum absolute atomic E-state index is 0.339. The van der Waals surface area contributed by atoms with Crippen LogP contribution in [-0.4, -0.2) is 17.3 Å². The summed E-state index contributed by atoms with van der Waals surface area (Å²) in [5, 5.41) is 16.7. The van der Waals surface area contributed by atoms with Gasteiger partial charge < -0.3 is 4.74 Å². The summed E-state index contributed by atoms with van der Waals surface area (Å²) >= 11 is 0. The maximum atomic E-state index is 9.03. The third kappa shape index (κ3) is 2.78. The van der Waals surface area contributed by atoms with Gasteiger partial charge in [-0.2, -0.15) is 10.4 Å². The lowest BCUT2D eigenvalue weighted by Crippen LogP contribution is -2.10. The molecule has 0 bridgehead atoms. The first-order valence-electron chi connectivity index (χ1n) is 7.37. The maximum Gasteiger partial charge on any atom is 0.118 e. The highest BCUT2D eigenvalue weighted by molar-refractivity contribution is 5.37. The third-order valence-electron chi connectivity index (χ3n) is 4.22. The van der Waals surface area contributed by atoms with Crippen molar-refractivity contribution in [1.29, 1.82) is 5.26 Å². The van der Waals surface area contributed by atoms with Gasteiger partial charge in [0.15, 0.2) is 0 Å². The van der Waals surface area contributed by atoms with Crippen molar-refractivity contribution >= 4 is 0 Å². The van der Waals surface area contributed by atoms with Gasteiger partial charge in [-0.3, -0.25) is 5.10 Å². The molecule has 0 radical (unpaired) electrons. The molecule has 4 nitrogen and oxygen atoms in total. The number of benzene rings is 1. The van der Waals surface area contributed by atoms with E-state index in [4.69, 9.17) is 10.00 Å². The van der Waals surface area contributed by atoms with E-state index < -0.39 is 0 Å². The first kappa shape index (κ1) is 13.7. The zero-order chi connectivity index (χ0) is 14.7. The first-order chi connectivity index (χ1) is 10.3. The summed E-state index contributed by atoms with van der Waals surface area (Å²) in [6.45, 7) is 0. The van der Waals surface area contributed by atoms with E-state index in [1.807, 2.05) is 12.1 Å². The number of aromatic amines is 1. The van der Waals surface area contributed by atoms with Gasteiger partial charge in [0, 0.05) is 30.0 Å². The summed E-state index contributed by atoms with van der Waals surface area (Å²) in [7, 11) is 1.67. The fourth-order valence-corrected chi connectivity index (χ4v) is 3.16. The van der Waals surface area contributed by atoms with E-state index in [-0.39, 0.29) is 0 Å². The largest absolute Gasteiger partial charge is 0.497 e. The number of hydrogen-bond acceptors (Lipinski definition) is 3. The van der Waals surface area contributed by atoms with Crippen molar-refractivity contribution in [3.05, 3.63) is 46.8 Å². The van der Waals surface area contributed by atoms with Gasteiger partial charge in [-0.1, -0.05) is 12.1 Å². The molecule has 1 aromatic heterocycles. The molecule has 0 spiro atoms. The Balaban J connectivity index is 1.86. The second-order valence-corrected chi connectivity index (χ2v) is 5.54. The molecule has 1 aromatic carbocycles. The number of nitrogens with one attached hydrogen (secondary N) is 1. The van der Waals surface area contributed by atoms with Gasteiger partial charge in [0.1, 0.15) is 5.75 Å². The van der Waals surface area contributed by atoms with Crippen molar-refractivity contribution in [3.63, 3.8) is 0 Å². The summed E-state index contributed by atoms with van der Waals surface area (Å²) < 4.78 is 5.19. The highest BCUT2D eigenvalue weighted by Crippen LogP contribution is 2.35. The molecule has 0 aliphatic heterocycles. The molecule has 1 heterocycles. The normalized spacial score (nSPS) is 17.0. The second-order valence-electron chi connectivity index (χ2n) is 5.54. The molecule has 2 aromatic rings. The Kier molecular flexibility index (Phi) is 3.92. The van der Waals surface area contributed by atoms with Crippen LogP contribution in [0.5, 0.6) is 5.75 Å². The molecule has 1 aliphatic carbocycles. The lowest BCUT2D eigenvalue weighted by atomic mass is 9.82. The highest BCUT2D eigenvalue weighted by atomic mass is 16.5. The van der Waals surface area contributed by atoms with E-state index >= 15 is 0 Å². The number of ether oxygens (including phenoxy) is 1. The van der Waals surface area contributed by atoms with Gasteiger partial charge in [0.05, 0.1) is 18.9 Å². The number of methoxy groups -OCH3 is 1. The van der Waals surface area contributed by atoms with E-state index in [1.165, 1.54) is 16.8 Å². The van der Waals surface area contributed by atoms with Crippen LogP contribution < -0.4 is 4.74 Å². The zero-order valence-electron chi connectivity index (χ0n) is 12.2. The lowest BCUT2D eigenvalue weighted by Gasteiger charge is -2.20. The summed E-state index contributed by atoms with van der Waals surface area (Å²) in [6, 6.07) is 10.4. The molecule has 0 saturated heterocycles. The quantitative estimate of drug-likeness (QED) is 0.935. The van der Waals surface area contributed by atoms with Gasteiger partial charge in [0.2, 0.25) is 0 Å². The third-order valence-corrected chi connectivity index (χ3v) is 4.22. The average molecular weight is 281 g/mol. The van der Waals surface area contributed by atoms with Crippen molar-refractivity contribution in [3.8, 4) is 11.8 Å². The Morgan fingerprint density at radius 3 is 2.90 bits per heavy atom. The Hall–Kier alpha value is -2.28. The second kappa shape index (κ2) is 6.01. The Labute approximate surface area is 124 Å². The maximum absolute atomic E-state index is 9.03. The molecule has 21 heavy (non-hydrogen) atoms. The molecule has 1 aliphatic rings. The van der Waals surface area contributed by atoms with E-state index in [0.29, 0.717) is 12.3 Å². The molecule has 0 saturated carbocycles. The molecule has 108 valence electrons. The van der Waals surface area contributed by atoms with Crippen molar-refractivity contribution in [2.75, 3.05) is 7.11 Å². The van der Waals surface area contributed by atoms with Crippen LogP contribution in [0, 0.1) is 11.3 Å². The summed E-state index contributed by atoms with van der Waals surface area (Å²) in [6.07, 6.45) is 4.67. The molecular weight excluding hydrogens is 262 g/mol. The van der Waals surface area contributed by atoms with Crippen LogP contribution in [0.1, 0.15) is 47.7 Å². The fourth-order valence-electron chi connectivity index (χ4n) is 3.16. The SMILES string of the molecule is COc1ccc(Cc2n[nH]c3c2C(CC#N)CCC3)cc1. The molecule has 0 fully saturated rings. The van der Waals surface area contributed by atoms with Crippen LogP contribution >= 0.6 is 0 Å². The zero-order valence-corrected chi connectivity index (χ0v) is 12.2. The number of nitrogens with zero attached hydrogens (tertiary/aromatic N) is 2. The van der Waals surface area contributed by atoms with Crippen LogP contribution in [-0.2, 0) is 12.8 Å². The van der Waals surface area contributed by atoms with Crippen LogP contribution in [0.3, 0.4) is 0 Å². The van der Waals surface area contributed by atoms with Gasteiger partial charge in [0.25, 0.3) is 0 Å². The predicted octanol–water partition coefficient (Wildman–Crippen LogP) is 3.34. The van der Waals surface area contributed by atoms with Gasteiger partial charge >= 0.3 is 0 Å². The number of aromatic nitrogens is 2. The number of fused-ring (bicyclic) bond motifs is 1. The fraction of sp³-hybridized carbons (Fsp3) is 0.412. The minimum atomic E-state index is 0.339. The van der Waals surface area contributed by atoms with E-state index in [2.05, 4.69) is 28.4 Å². The number of nitriles is 1. The predicted molar refractivity (Wildman–Crippen MR) is 80.3 cm³/mol. The standard InChI is InChI=1S/C17H19N3O/c1-21-14-7-5-12(6-8-14)11-16-17-13(9-10-18)3-2-4-15(17)19-20-16/h5-8,13H,2-4,9,11H2,1H3,(H,19,20). The van der Waals surface area contributed by atoms with Crippen molar-refractivity contribution in [2.24, 2.45) is 0 Å². The number of H-pyrrole nitrogens is 1. The number of rotatable bonds is 4. The first-order valence-corrected chi connectivity index (χ1v) is 7.37. The lowest BCUT2D eigenvalue weighted by molar-refractivity contribution is 0.414. The average Bonchev–Trinajstić information content (AvgIpc) is 2.93. The van der Waals surface area contributed by atoms with Crippen LogP contribution in [0.2, 0.25) is 0 Å². The summed E-state index contributed by atoms with van der Waals surface area (Å²) in [4.78, 5) is 0. The molecule has 1 atom stereocenters. The highest BCUT2D eigenvalue weighted by Gasteiger charge is 2.25. The Morgan fingerprint density at radius 2 is 2.19 bits per heavy atom.